The lowest BCUT2D eigenvalue weighted by Crippen LogP contribution is -2.46. The normalized spacial score (nSPS) is 29.2. The number of nitrogens with zero attached hydrogens (tertiary/aromatic N) is 1. The molecule has 1 N–H and O–H groups in total. The Kier molecular flexibility index (Phi) is 5.88. The molecule has 1 aliphatic carbocycles. The van der Waals surface area contributed by atoms with E-state index in [1.54, 1.807) is 0 Å². The van der Waals surface area contributed by atoms with Gasteiger partial charge in [0.2, 0.25) is 0 Å². The van der Waals surface area contributed by atoms with Gasteiger partial charge in [0.15, 0.2) is 0 Å². The number of rotatable bonds is 7. The third-order valence-corrected chi connectivity index (χ3v) is 5.12. The number of nitrogens with one attached hydrogen (secondary N) is 1. The van der Waals surface area contributed by atoms with Gasteiger partial charge in [0.05, 0.1) is 6.61 Å². The summed E-state index contributed by atoms with van der Waals surface area (Å²) in [5, 5.41) is 3.77. The van der Waals surface area contributed by atoms with Gasteiger partial charge in [0, 0.05) is 19.2 Å². The number of benzene rings is 1. The molecule has 3 rings (SSSR count). The molecule has 0 radical (unpaired) electrons. The van der Waals surface area contributed by atoms with Crippen molar-refractivity contribution in [2.45, 2.75) is 38.3 Å². The lowest BCUT2D eigenvalue weighted by atomic mass is 9.80. The van der Waals surface area contributed by atoms with E-state index in [0.29, 0.717) is 0 Å². The topological polar surface area (TPSA) is 24.5 Å². The minimum atomic E-state index is 0.734. The Morgan fingerprint density at radius 2 is 2.00 bits per heavy atom. The summed E-state index contributed by atoms with van der Waals surface area (Å²) >= 11 is 0. The van der Waals surface area contributed by atoms with E-state index in [9.17, 15) is 0 Å². The van der Waals surface area contributed by atoms with E-state index in [-0.39, 0.29) is 0 Å². The van der Waals surface area contributed by atoms with Crippen molar-refractivity contribution in [2.75, 3.05) is 33.3 Å². The van der Waals surface area contributed by atoms with Crippen LogP contribution in [0, 0.1) is 11.8 Å². The molecule has 2 aliphatic rings. The fourth-order valence-electron chi connectivity index (χ4n) is 3.73. The van der Waals surface area contributed by atoms with Crippen molar-refractivity contribution in [3.05, 3.63) is 35.9 Å². The Bertz CT molecular complexity index is 430. The summed E-state index contributed by atoms with van der Waals surface area (Å²) in [5.41, 5.74) is 1.28. The molecule has 1 atom stereocenters. The van der Waals surface area contributed by atoms with E-state index in [1.807, 2.05) is 0 Å². The first-order valence-electron chi connectivity index (χ1n) is 8.83. The molecule has 0 aromatic heterocycles. The molecule has 0 amide bonds. The third-order valence-electron chi connectivity index (χ3n) is 5.12. The summed E-state index contributed by atoms with van der Waals surface area (Å²) in [4.78, 5) is 2.47. The van der Waals surface area contributed by atoms with Crippen LogP contribution in [-0.2, 0) is 11.3 Å². The molecule has 1 aromatic carbocycles. The van der Waals surface area contributed by atoms with Crippen LogP contribution in [0.3, 0.4) is 0 Å². The van der Waals surface area contributed by atoms with Crippen LogP contribution in [0.25, 0.3) is 0 Å². The van der Waals surface area contributed by atoms with Gasteiger partial charge < -0.3 is 15.0 Å². The zero-order valence-corrected chi connectivity index (χ0v) is 13.8. The first-order chi connectivity index (χ1) is 10.8. The minimum absolute atomic E-state index is 0.734. The summed E-state index contributed by atoms with van der Waals surface area (Å²) in [6, 6.07) is 11.2. The van der Waals surface area contributed by atoms with E-state index in [1.165, 1.54) is 50.9 Å². The number of likely N-dealkylation sites (tertiary alicyclic amines) is 1. The van der Waals surface area contributed by atoms with Gasteiger partial charge in [-0.05, 0) is 63.2 Å². The maximum absolute atomic E-state index is 5.85. The van der Waals surface area contributed by atoms with Crippen molar-refractivity contribution in [3.63, 3.8) is 0 Å². The fraction of sp³-hybridized carbons (Fsp3) is 0.684. The smallest absolute Gasteiger partial charge is 0.0717 e. The Morgan fingerprint density at radius 1 is 1.18 bits per heavy atom. The van der Waals surface area contributed by atoms with Crippen LogP contribution >= 0.6 is 0 Å². The van der Waals surface area contributed by atoms with Crippen LogP contribution in [0.1, 0.15) is 31.2 Å². The number of piperidine rings is 1. The summed E-state index contributed by atoms with van der Waals surface area (Å²) in [6.07, 6.45) is 5.34. The second-order valence-electron chi connectivity index (χ2n) is 7.21. The second kappa shape index (κ2) is 8.09. The molecular weight excluding hydrogens is 272 g/mol. The van der Waals surface area contributed by atoms with E-state index >= 15 is 0 Å². The van der Waals surface area contributed by atoms with Crippen LogP contribution in [0.2, 0.25) is 0 Å². The van der Waals surface area contributed by atoms with Crippen molar-refractivity contribution in [1.82, 2.24) is 10.2 Å². The van der Waals surface area contributed by atoms with E-state index in [2.05, 4.69) is 47.6 Å². The minimum Gasteiger partial charge on any atom is -0.376 e. The highest BCUT2D eigenvalue weighted by Crippen LogP contribution is 2.28. The predicted octanol–water partition coefficient (Wildman–Crippen LogP) is 2.91. The summed E-state index contributed by atoms with van der Waals surface area (Å²) in [6.45, 7) is 5.42. The SMILES string of the molecule is CN1CCCC(CNC2CC(COCc3ccccc3)C2)C1. The van der Waals surface area contributed by atoms with E-state index in [0.717, 1.165) is 31.1 Å². The lowest BCUT2D eigenvalue weighted by Gasteiger charge is -2.38. The molecule has 1 saturated heterocycles. The Balaban J connectivity index is 1.24. The maximum Gasteiger partial charge on any atom is 0.0717 e. The molecule has 3 heteroatoms. The quantitative estimate of drug-likeness (QED) is 0.838. The highest BCUT2D eigenvalue weighted by atomic mass is 16.5. The first kappa shape index (κ1) is 16.0. The maximum atomic E-state index is 5.85. The first-order valence-corrected chi connectivity index (χ1v) is 8.83. The molecule has 1 aromatic rings. The van der Waals surface area contributed by atoms with Crippen LogP contribution in [0.15, 0.2) is 30.3 Å². The Hall–Kier alpha value is -0.900. The molecule has 1 aliphatic heterocycles. The van der Waals surface area contributed by atoms with E-state index < -0.39 is 0 Å². The molecule has 3 nitrogen and oxygen atoms in total. The highest BCUT2D eigenvalue weighted by molar-refractivity contribution is 5.13. The van der Waals surface area contributed by atoms with Gasteiger partial charge in [-0.25, -0.2) is 0 Å². The zero-order valence-electron chi connectivity index (χ0n) is 13.8. The van der Waals surface area contributed by atoms with Gasteiger partial charge in [0.25, 0.3) is 0 Å². The standard InChI is InChI=1S/C19H30N2O/c1-21-9-5-8-17(13-21)12-20-19-10-18(11-19)15-22-14-16-6-3-2-4-7-16/h2-4,6-7,17-20H,5,8-15H2,1H3. The van der Waals surface area contributed by atoms with Crippen molar-refractivity contribution >= 4 is 0 Å². The second-order valence-corrected chi connectivity index (χ2v) is 7.21. The van der Waals surface area contributed by atoms with Crippen LogP contribution in [0.5, 0.6) is 0 Å². The lowest BCUT2D eigenvalue weighted by molar-refractivity contribution is 0.0436. The van der Waals surface area contributed by atoms with Crippen LogP contribution < -0.4 is 5.32 Å². The van der Waals surface area contributed by atoms with Gasteiger partial charge >= 0.3 is 0 Å². The van der Waals surface area contributed by atoms with Crippen molar-refractivity contribution < 1.29 is 4.74 Å². The predicted molar refractivity (Wildman–Crippen MR) is 90.8 cm³/mol. The van der Waals surface area contributed by atoms with Crippen LogP contribution in [0.4, 0.5) is 0 Å². The molecule has 0 bridgehead atoms. The number of hydrogen-bond donors (Lipinski definition) is 1. The summed E-state index contributed by atoms with van der Waals surface area (Å²) in [7, 11) is 2.25. The van der Waals surface area contributed by atoms with Gasteiger partial charge in [-0.2, -0.15) is 0 Å². The van der Waals surface area contributed by atoms with Crippen molar-refractivity contribution in [1.29, 1.82) is 0 Å². The molecule has 1 heterocycles. The van der Waals surface area contributed by atoms with Gasteiger partial charge in [0.1, 0.15) is 0 Å². The van der Waals surface area contributed by atoms with Crippen LogP contribution in [-0.4, -0.2) is 44.2 Å². The zero-order chi connectivity index (χ0) is 15.2. The van der Waals surface area contributed by atoms with Gasteiger partial charge in [-0.15, -0.1) is 0 Å². The molecule has 1 unspecified atom stereocenters. The van der Waals surface area contributed by atoms with E-state index in [4.69, 9.17) is 4.74 Å². The largest absolute Gasteiger partial charge is 0.376 e. The molecular formula is C19H30N2O. The Morgan fingerprint density at radius 3 is 2.77 bits per heavy atom. The summed E-state index contributed by atoms with van der Waals surface area (Å²) in [5.74, 6) is 1.61. The highest BCUT2D eigenvalue weighted by Gasteiger charge is 2.29. The van der Waals surface area contributed by atoms with Gasteiger partial charge in [-0.3, -0.25) is 0 Å². The number of ether oxygens (including phenoxy) is 1. The average Bonchev–Trinajstić information content (AvgIpc) is 2.50. The average molecular weight is 302 g/mol. The summed E-state index contributed by atoms with van der Waals surface area (Å²) < 4.78 is 5.85. The van der Waals surface area contributed by atoms with Gasteiger partial charge in [-0.1, -0.05) is 30.3 Å². The molecule has 122 valence electrons. The molecule has 2 fully saturated rings. The van der Waals surface area contributed by atoms with Crippen molar-refractivity contribution in [2.24, 2.45) is 11.8 Å². The number of hydrogen-bond acceptors (Lipinski definition) is 3. The monoisotopic (exact) mass is 302 g/mol. The van der Waals surface area contributed by atoms with Crippen molar-refractivity contribution in [3.8, 4) is 0 Å². The molecule has 1 saturated carbocycles. The Labute approximate surface area is 135 Å². The molecule has 0 spiro atoms. The fourth-order valence-corrected chi connectivity index (χ4v) is 3.73. The molecule has 22 heavy (non-hydrogen) atoms. The third kappa shape index (κ3) is 4.80.